The molecule has 0 aromatic heterocycles. The number of benzene rings is 2. The Morgan fingerprint density at radius 3 is 2.32 bits per heavy atom. The molecule has 10 heteroatoms. The minimum atomic E-state index is -3.80. The Labute approximate surface area is 199 Å². The van der Waals surface area contributed by atoms with Crippen LogP contribution in [0.3, 0.4) is 0 Å². The number of sulfonamides is 1. The molecular formula is C24H31F2N3O4S. The van der Waals surface area contributed by atoms with Crippen molar-refractivity contribution in [2.45, 2.75) is 45.7 Å². The first-order chi connectivity index (χ1) is 16.0. The molecule has 186 valence electrons. The van der Waals surface area contributed by atoms with E-state index in [1.54, 1.807) is 6.92 Å². The van der Waals surface area contributed by atoms with Crippen LogP contribution in [0.5, 0.6) is 0 Å². The molecule has 2 rings (SSSR count). The summed E-state index contributed by atoms with van der Waals surface area (Å²) >= 11 is 0. The van der Waals surface area contributed by atoms with E-state index in [1.807, 2.05) is 37.3 Å². The van der Waals surface area contributed by atoms with Crippen molar-refractivity contribution in [3.63, 3.8) is 0 Å². The lowest BCUT2D eigenvalue weighted by Crippen LogP contribution is -2.47. The normalized spacial score (nSPS) is 12.1. The molecule has 0 saturated carbocycles. The van der Waals surface area contributed by atoms with E-state index in [0.717, 1.165) is 34.7 Å². The second-order valence-electron chi connectivity index (χ2n) is 8.01. The van der Waals surface area contributed by atoms with Crippen molar-refractivity contribution in [2.24, 2.45) is 0 Å². The highest BCUT2D eigenvalue weighted by atomic mass is 32.2. The van der Waals surface area contributed by atoms with E-state index >= 15 is 0 Å². The van der Waals surface area contributed by atoms with Crippen LogP contribution in [0, 0.1) is 11.6 Å². The lowest BCUT2D eigenvalue weighted by atomic mass is 10.1. The van der Waals surface area contributed by atoms with Crippen LogP contribution in [0.25, 0.3) is 0 Å². The van der Waals surface area contributed by atoms with Gasteiger partial charge in [-0.3, -0.25) is 13.9 Å². The first kappa shape index (κ1) is 27.2. The zero-order valence-corrected chi connectivity index (χ0v) is 20.4. The average Bonchev–Trinajstić information content (AvgIpc) is 2.80. The second kappa shape index (κ2) is 12.5. The molecular weight excluding hydrogens is 464 g/mol. The van der Waals surface area contributed by atoms with Gasteiger partial charge in [-0.1, -0.05) is 37.3 Å². The SMILES string of the molecule is CCCNC(=O)C(C)N(Cc1ccccc1)C(=O)CCCN(c1ccc(F)c(F)c1)S(C)(=O)=O. The molecule has 0 radical (unpaired) electrons. The molecule has 0 aliphatic rings. The van der Waals surface area contributed by atoms with Gasteiger partial charge in [0.15, 0.2) is 11.6 Å². The van der Waals surface area contributed by atoms with E-state index in [-0.39, 0.29) is 43.4 Å². The molecule has 0 aliphatic carbocycles. The zero-order chi connectivity index (χ0) is 25.3. The largest absolute Gasteiger partial charge is 0.354 e. The molecule has 0 spiro atoms. The van der Waals surface area contributed by atoms with Gasteiger partial charge in [0.2, 0.25) is 21.8 Å². The van der Waals surface area contributed by atoms with Crippen molar-refractivity contribution in [1.29, 1.82) is 0 Å². The van der Waals surface area contributed by atoms with Crippen LogP contribution in [0.2, 0.25) is 0 Å². The summed E-state index contributed by atoms with van der Waals surface area (Å²) in [6.45, 7) is 4.19. The predicted octanol–water partition coefficient (Wildman–Crippen LogP) is 3.45. The fourth-order valence-electron chi connectivity index (χ4n) is 3.40. The Hall–Kier alpha value is -3.01. The van der Waals surface area contributed by atoms with E-state index in [4.69, 9.17) is 0 Å². The Kier molecular flexibility index (Phi) is 9.97. The highest BCUT2D eigenvalue weighted by Gasteiger charge is 2.26. The van der Waals surface area contributed by atoms with Crippen LogP contribution < -0.4 is 9.62 Å². The fraction of sp³-hybridized carbons (Fsp3) is 0.417. The lowest BCUT2D eigenvalue weighted by molar-refractivity contribution is -0.140. The van der Waals surface area contributed by atoms with Crippen LogP contribution in [-0.2, 0) is 26.2 Å². The van der Waals surface area contributed by atoms with Gasteiger partial charge in [0, 0.05) is 32.1 Å². The summed E-state index contributed by atoms with van der Waals surface area (Å²) in [5.74, 6) is -2.84. The van der Waals surface area contributed by atoms with Gasteiger partial charge in [-0.25, -0.2) is 17.2 Å². The minimum absolute atomic E-state index is 0.0256. The van der Waals surface area contributed by atoms with Gasteiger partial charge in [0.05, 0.1) is 11.9 Å². The monoisotopic (exact) mass is 495 g/mol. The molecule has 0 heterocycles. The van der Waals surface area contributed by atoms with E-state index in [2.05, 4.69) is 5.32 Å². The van der Waals surface area contributed by atoms with Crippen LogP contribution in [0.4, 0.5) is 14.5 Å². The number of hydrogen-bond donors (Lipinski definition) is 1. The number of halogens is 2. The summed E-state index contributed by atoms with van der Waals surface area (Å²) in [6.07, 6.45) is 1.81. The van der Waals surface area contributed by atoms with Crippen LogP contribution in [0.1, 0.15) is 38.7 Å². The Morgan fingerprint density at radius 1 is 1.06 bits per heavy atom. The van der Waals surface area contributed by atoms with Crippen molar-refractivity contribution < 1.29 is 26.8 Å². The molecule has 2 amide bonds. The van der Waals surface area contributed by atoms with Gasteiger partial charge in [0.25, 0.3) is 0 Å². The minimum Gasteiger partial charge on any atom is -0.354 e. The fourth-order valence-corrected chi connectivity index (χ4v) is 4.36. The number of rotatable bonds is 12. The van der Waals surface area contributed by atoms with Gasteiger partial charge in [-0.2, -0.15) is 0 Å². The summed E-state index contributed by atoms with van der Waals surface area (Å²) in [7, 11) is -3.80. The molecule has 1 unspecified atom stereocenters. The summed E-state index contributed by atoms with van der Waals surface area (Å²) in [4.78, 5) is 27.1. The number of nitrogens with one attached hydrogen (secondary N) is 1. The van der Waals surface area contributed by atoms with Gasteiger partial charge < -0.3 is 10.2 Å². The molecule has 1 atom stereocenters. The van der Waals surface area contributed by atoms with Crippen molar-refractivity contribution in [3.05, 3.63) is 65.7 Å². The third-order valence-corrected chi connectivity index (χ3v) is 6.45. The lowest BCUT2D eigenvalue weighted by Gasteiger charge is -2.29. The van der Waals surface area contributed by atoms with Gasteiger partial charge in [-0.15, -0.1) is 0 Å². The van der Waals surface area contributed by atoms with Crippen LogP contribution in [0.15, 0.2) is 48.5 Å². The van der Waals surface area contributed by atoms with E-state index in [0.29, 0.717) is 6.54 Å². The highest BCUT2D eigenvalue weighted by Crippen LogP contribution is 2.21. The number of hydrogen-bond acceptors (Lipinski definition) is 4. The van der Waals surface area contributed by atoms with Crippen molar-refractivity contribution >= 4 is 27.5 Å². The van der Waals surface area contributed by atoms with Crippen molar-refractivity contribution in [1.82, 2.24) is 10.2 Å². The third-order valence-electron chi connectivity index (χ3n) is 5.26. The first-order valence-electron chi connectivity index (χ1n) is 11.1. The molecule has 0 fully saturated rings. The van der Waals surface area contributed by atoms with E-state index in [1.165, 1.54) is 11.0 Å². The van der Waals surface area contributed by atoms with Crippen LogP contribution >= 0.6 is 0 Å². The molecule has 0 bridgehead atoms. The Morgan fingerprint density at radius 2 is 1.74 bits per heavy atom. The van der Waals surface area contributed by atoms with Crippen LogP contribution in [-0.4, -0.2) is 50.5 Å². The number of nitrogens with zero attached hydrogens (tertiary/aromatic N) is 2. The van der Waals surface area contributed by atoms with E-state index in [9.17, 15) is 26.8 Å². The predicted molar refractivity (Wildman–Crippen MR) is 128 cm³/mol. The van der Waals surface area contributed by atoms with E-state index < -0.39 is 27.7 Å². The first-order valence-corrected chi connectivity index (χ1v) is 12.9. The standard InChI is InChI=1S/C24H31F2N3O4S/c1-4-14-27-24(31)18(2)28(17-19-9-6-5-7-10-19)23(30)11-8-15-29(34(3,32)33)20-12-13-21(25)22(26)16-20/h5-7,9-10,12-13,16,18H,4,8,11,14-15,17H2,1-3H3,(H,27,31). The second-order valence-corrected chi connectivity index (χ2v) is 9.92. The smallest absolute Gasteiger partial charge is 0.242 e. The summed E-state index contributed by atoms with van der Waals surface area (Å²) < 4.78 is 52.3. The number of carbonyl (C=O) groups excluding carboxylic acids is 2. The Bertz CT molecular complexity index is 1080. The number of anilines is 1. The topological polar surface area (TPSA) is 86.8 Å². The molecule has 1 N–H and O–H groups in total. The molecule has 7 nitrogen and oxygen atoms in total. The molecule has 34 heavy (non-hydrogen) atoms. The molecule has 0 aliphatic heterocycles. The molecule has 2 aromatic carbocycles. The molecule has 2 aromatic rings. The number of carbonyl (C=O) groups is 2. The maximum absolute atomic E-state index is 13.6. The van der Waals surface area contributed by atoms with Gasteiger partial charge >= 0.3 is 0 Å². The van der Waals surface area contributed by atoms with Crippen molar-refractivity contribution in [3.8, 4) is 0 Å². The maximum atomic E-state index is 13.6. The highest BCUT2D eigenvalue weighted by molar-refractivity contribution is 7.92. The number of amides is 2. The van der Waals surface area contributed by atoms with Gasteiger partial charge in [0.1, 0.15) is 6.04 Å². The molecule has 0 saturated heterocycles. The Balaban J connectivity index is 2.14. The third kappa shape index (κ3) is 7.79. The maximum Gasteiger partial charge on any atom is 0.242 e. The average molecular weight is 496 g/mol. The zero-order valence-electron chi connectivity index (χ0n) is 19.6. The summed E-state index contributed by atoms with van der Waals surface area (Å²) in [5.41, 5.74) is 0.827. The quantitative estimate of drug-likeness (QED) is 0.489. The summed E-state index contributed by atoms with van der Waals surface area (Å²) in [5, 5.41) is 2.79. The van der Waals surface area contributed by atoms with Gasteiger partial charge in [-0.05, 0) is 37.5 Å². The van der Waals surface area contributed by atoms with Crippen molar-refractivity contribution in [2.75, 3.05) is 23.7 Å². The summed E-state index contributed by atoms with van der Waals surface area (Å²) in [6, 6.07) is 11.3.